The average Bonchev–Trinajstić information content (AvgIpc) is 3.12. The lowest BCUT2D eigenvalue weighted by molar-refractivity contribution is -0.394. The maximum atomic E-state index is 12.9. The van der Waals surface area contributed by atoms with Crippen molar-refractivity contribution in [2.75, 3.05) is 12.0 Å². The van der Waals surface area contributed by atoms with Gasteiger partial charge in [0.05, 0.1) is 33.6 Å². The fourth-order valence-corrected chi connectivity index (χ4v) is 4.31. The summed E-state index contributed by atoms with van der Waals surface area (Å²) in [5.41, 5.74) is -0.207. The molecule has 1 aliphatic heterocycles. The smallest absolute Gasteiger partial charge is 0.318 e. The summed E-state index contributed by atoms with van der Waals surface area (Å²) in [4.78, 5) is 47.3. The summed E-state index contributed by atoms with van der Waals surface area (Å²) < 4.78 is 10.9. The van der Waals surface area contributed by atoms with Crippen molar-refractivity contribution in [2.45, 2.75) is 0 Å². The summed E-state index contributed by atoms with van der Waals surface area (Å²) in [6, 6.07) is 13.9. The van der Waals surface area contributed by atoms with E-state index in [-0.39, 0.29) is 22.2 Å². The van der Waals surface area contributed by atoms with Gasteiger partial charge >= 0.3 is 5.69 Å². The zero-order valence-electron chi connectivity index (χ0n) is 18.2. The van der Waals surface area contributed by atoms with Crippen LogP contribution in [0.2, 0.25) is 5.02 Å². The second-order valence-electron chi connectivity index (χ2n) is 7.18. The number of nitro groups is 2. The molecule has 36 heavy (non-hydrogen) atoms. The highest BCUT2D eigenvalue weighted by Gasteiger charge is 2.36. The van der Waals surface area contributed by atoms with Gasteiger partial charge in [0.1, 0.15) is 0 Å². The fourth-order valence-electron chi connectivity index (χ4n) is 3.28. The Morgan fingerprint density at radius 3 is 2.36 bits per heavy atom. The standard InChI is InChI=1S/C23H14ClN3O8S/c1-34-20-9-13(10-21-22(28)25(23(29)36-21)15-4-2-3-14(24)11-15)5-7-19(20)35-18-8-6-16(26(30)31)12-17(18)27(32)33/h2-12H,1H3/b21-10+. The normalized spacial score (nSPS) is 14.3. The van der Waals surface area contributed by atoms with E-state index < -0.39 is 32.4 Å². The van der Waals surface area contributed by atoms with Gasteiger partial charge in [-0.25, -0.2) is 4.90 Å². The predicted molar refractivity (Wildman–Crippen MR) is 133 cm³/mol. The third-order valence-electron chi connectivity index (χ3n) is 4.92. The molecule has 4 rings (SSSR count). The van der Waals surface area contributed by atoms with Crippen molar-refractivity contribution in [3.05, 3.63) is 96.4 Å². The number of imide groups is 1. The molecule has 13 heteroatoms. The largest absolute Gasteiger partial charge is 0.493 e. The van der Waals surface area contributed by atoms with Gasteiger partial charge < -0.3 is 9.47 Å². The molecule has 0 atom stereocenters. The number of hydrogen-bond acceptors (Lipinski definition) is 9. The first kappa shape index (κ1) is 24.7. The summed E-state index contributed by atoms with van der Waals surface area (Å²) in [5.74, 6) is -0.475. The van der Waals surface area contributed by atoms with Gasteiger partial charge in [0.25, 0.3) is 16.8 Å². The Labute approximate surface area is 212 Å². The Balaban J connectivity index is 1.62. The lowest BCUT2D eigenvalue weighted by Gasteiger charge is -2.12. The first-order valence-corrected chi connectivity index (χ1v) is 11.2. The number of methoxy groups -OCH3 is 1. The number of ether oxygens (including phenoxy) is 2. The topological polar surface area (TPSA) is 142 Å². The number of carbonyl (C=O) groups is 2. The van der Waals surface area contributed by atoms with E-state index in [9.17, 15) is 29.8 Å². The quantitative estimate of drug-likeness (QED) is 0.199. The molecule has 0 radical (unpaired) electrons. The van der Waals surface area contributed by atoms with Crippen LogP contribution in [0.25, 0.3) is 6.08 Å². The number of non-ortho nitro benzene ring substituents is 1. The number of rotatable bonds is 7. The Morgan fingerprint density at radius 2 is 1.69 bits per heavy atom. The van der Waals surface area contributed by atoms with Crippen LogP contribution < -0.4 is 14.4 Å². The van der Waals surface area contributed by atoms with Crippen LogP contribution in [-0.2, 0) is 4.79 Å². The van der Waals surface area contributed by atoms with E-state index in [1.165, 1.54) is 31.4 Å². The molecule has 0 aliphatic carbocycles. The van der Waals surface area contributed by atoms with Crippen LogP contribution in [0.3, 0.4) is 0 Å². The highest BCUT2D eigenvalue weighted by Crippen LogP contribution is 2.40. The van der Waals surface area contributed by atoms with E-state index in [4.69, 9.17) is 21.1 Å². The number of anilines is 1. The van der Waals surface area contributed by atoms with Crippen LogP contribution >= 0.6 is 23.4 Å². The Bertz CT molecular complexity index is 1460. The Hall–Kier alpha value is -4.42. The van der Waals surface area contributed by atoms with Crippen LogP contribution in [-0.4, -0.2) is 28.1 Å². The highest BCUT2D eigenvalue weighted by molar-refractivity contribution is 8.19. The minimum absolute atomic E-state index is 0.0960. The first-order chi connectivity index (χ1) is 17.2. The van der Waals surface area contributed by atoms with Crippen molar-refractivity contribution in [1.82, 2.24) is 0 Å². The number of amides is 2. The molecule has 1 aliphatic rings. The van der Waals surface area contributed by atoms with Gasteiger partial charge in [-0.15, -0.1) is 0 Å². The zero-order chi connectivity index (χ0) is 26.0. The molecule has 0 spiro atoms. The Morgan fingerprint density at radius 1 is 0.944 bits per heavy atom. The van der Waals surface area contributed by atoms with Gasteiger partial charge in [0.2, 0.25) is 5.75 Å². The second-order valence-corrected chi connectivity index (χ2v) is 8.61. The molecular formula is C23H14ClN3O8S. The molecular weight excluding hydrogens is 514 g/mol. The van der Waals surface area contributed by atoms with E-state index in [0.717, 1.165) is 34.9 Å². The van der Waals surface area contributed by atoms with Crippen LogP contribution in [0.1, 0.15) is 5.56 Å². The monoisotopic (exact) mass is 527 g/mol. The maximum absolute atomic E-state index is 12.9. The molecule has 1 saturated heterocycles. The third-order valence-corrected chi connectivity index (χ3v) is 6.02. The number of thioether (sulfide) groups is 1. The van der Waals surface area contributed by atoms with Crippen molar-refractivity contribution in [1.29, 1.82) is 0 Å². The van der Waals surface area contributed by atoms with E-state index in [0.29, 0.717) is 16.3 Å². The number of nitrogens with zero attached hydrogens (tertiary/aromatic N) is 3. The van der Waals surface area contributed by atoms with Gasteiger partial charge in [0, 0.05) is 11.1 Å². The minimum Gasteiger partial charge on any atom is -0.493 e. The van der Waals surface area contributed by atoms with E-state index in [2.05, 4.69) is 0 Å². The molecule has 3 aromatic rings. The van der Waals surface area contributed by atoms with Gasteiger partial charge in [-0.05, 0) is 59.8 Å². The van der Waals surface area contributed by atoms with Gasteiger partial charge in [-0.2, -0.15) is 0 Å². The summed E-state index contributed by atoms with van der Waals surface area (Å²) >= 11 is 6.74. The van der Waals surface area contributed by atoms with Crippen molar-refractivity contribution in [3.8, 4) is 17.2 Å². The van der Waals surface area contributed by atoms with Crippen LogP contribution in [0.5, 0.6) is 17.2 Å². The number of halogens is 1. The molecule has 0 bridgehead atoms. The fraction of sp³-hybridized carbons (Fsp3) is 0.0435. The minimum atomic E-state index is -0.792. The molecule has 11 nitrogen and oxygen atoms in total. The summed E-state index contributed by atoms with van der Waals surface area (Å²) in [6.45, 7) is 0. The summed E-state index contributed by atoms with van der Waals surface area (Å²) in [5, 5.41) is 22.2. The number of hydrogen-bond donors (Lipinski definition) is 0. The maximum Gasteiger partial charge on any atom is 0.318 e. The Kier molecular flexibility index (Phi) is 6.90. The molecule has 0 saturated carbocycles. The van der Waals surface area contributed by atoms with Crippen LogP contribution in [0.4, 0.5) is 21.9 Å². The molecule has 2 amide bonds. The lowest BCUT2D eigenvalue weighted by atomic mass is 10.1. The number of carbonyl (C=O) groups excluding carboxylic acids is 2. The molecule has 182 valence electrons. The summed E-state index contributed by atoms with van der Waals surface area (Å²) in [6.07, 6.45) is 1.50. The first-order valence-electron chi connectivity index (χ1n) is 10.00. The van der Waals surface area contributed by atoms with Gasteiger partial charge in [-0.3, -0.25) is 29.8 Å². The third kappa shape index (κ3) is 4.99. The molecule has 3 aromatic carbocycles. The predicted octanol–water partition coefficient (Wildman–Crippen LogP) is 6.20. The SMILES string of the molecule is COc1cc(/C=C2/SC(=O)N(c3cccc(Cl)c3)C2=O)ccc1Oc1ccc([N+](=O)[O-])cc1[N+](=O)[O-]. The molecule has 0 unspecified atom stereocenters. The number of nitro benzene ring substituents is 2. The number of benzene rings is 3. The van der Waals surface area contributed by atoms with Crippen molar-refractivity contribution in [3.63, 3.8) is 0 Å². The molecule has 0 aromatic heterocycles. The van der Waals surface area contributed by atoms with Crippen molar-refractivity contribution < 1.29 is 28.9 Å². The lowest BCUT2D eigenvalue weighted by Crippen LogP contribution is -2.27. The second kappa shape index (κ2) is 10.1. The van der Waals surface area contributed by atoms with Gasteiger partial charge in [-0.1, -0.05) is 23.7 Å². The van der Waals surface area contributed by atoms with Crippen LogP contribution in [0, 0.1) is 20.2 Å². The molecule has 0 N–H and O–H groups in total. The molecule has 1 heterocycles. The van der Waals surface area contributed by atoms with Crippen molar-refractivity contribution >= 4 is 57.6 Å². The van der Waals surface area contributed by atoms with E-state index >= 15 is 0 Å². The average molecular weight is 528 g/mol. The zero-order valence-corrected chi connectivity index (χ0v) is 19.8. The van der Waals surface area contributed by atoms with Crippen molar-refractivity contribution in [2.24, 2.45) is 0 Å². The molecule has 1 fully saturated rings. The van der Waals surface area contributed by atoms with Gasteiger partial charge in [0.15, 0.2) is 11.5 Å². The van der Waals surface area contributed by atoms with Crippen LogP contribution in [0.15, 0.2) is 65.6 Å². The summed E-state index contributed by atoms with van der Waals surface area (Å²) in [7, 11) is 1.35. The highest BCUT2D eigenvalue weighted by atomic mass is 35.5. The van der Waals surface area contributed by atoms with E-state index in [1.54, 1.807) is 24.3 Å². The van der Waals surface area contributed by atoms with E-state index in [1.807, 2.05) is 0 Å².